The number of benzene rings is 1. The third-order valence-corrected chi connectivity index (χ3v) is 1.79. The number of carbonyl (C=O) groups is 1. The highest BCUT2D eigenvalue weighted by atomic mass is 35.5. The molecular weight excluding hydrogens is 200 g/mol. The van der Waals surface area contributed by atoms with Crippen LogP contribution in [0, 0.1) is 11.6 Å². The van der Waals surface area contributed by atoms with Crippen LogP contribution in [0.2, 0.25) is 5.02 Å². The monoisotopic (exact) mass is 205 g/mol. The van der Waals surface area contributed by atoms with Crippen molar-refractivity contribution in [3.8, 4) is 0 Å². The molecule has 13 heavy (non-hydrogen) atoms. The number of hydrogen-bond acceptors (Lipinski definition) is 1. The Morgan fingerprint density at radius 2 is 2.15 bits per heavy atom. The van der Waals surface area contributed by atoms with Crippen LogP contribution in [-0.4, -0.2) is 6.41 Å². The van der Waals surface area contributed by atoms with Crippen molar-refractivity contribution in [1.29, 1.82) is 0 Å². The minimum atomic E-state index is -0.837. The summed E-state index contributed by atoms with van der Waals surface area (Å²) >= 11 is 5.41. The maximum Gasteiger partial charge on any atom is 0.207 e. The summed E-state index contributed by atoms with van der Waals surface area (Å²) in [6.07, 6.45) is 0.361. The number of hydrogen-bond donors (Lipinski definition) is 1. The van der Waals surface area contributed by atoms with Gasteiger partial charge in [-0.2, -0.15) is 0 Å². The van der Waals surface area contributed by atoms with Gasteiger partial charge in [-0.1, -0.05) is 11.6 Å². The van der Waals surface area contributed by atoms with Crippen LogP contribution >= 0.6 is 11.6 Å². The molecule has 0 bridgehead atoms. The van der Waals surface area contributed by atoms with Crippen molar-refractivity contribution in [2.45, 2.75) is 6.54 Å². The van der Waals surface area contributed by atoms with E-state index in [0.717, 1.165) is 12.1 Å². The summed E-state index contributed by atoms with van der Waals surface area (Å²) in [5.74, 6) is -1.56. The average Bonchev–Trinajstić information content (AvgIpc) is 2.12. The first kappa shape index (κ1) is 9.92. The van der Waals surface area contributed by atoms with E-state index in [9.17, 15) is 13.6 Å². The molecule has 0 spiro atoms. The molecule has 0 aliphatic carbocycles. The smallest absolute Gasteiger partial charge is 0.207 e. The summed E-state index contributed by atoms with van der Waals surface area (Å²) in [4.78, 5) is 9.90. The van der Waals surface area contributed by atoms with Gasteiger partial charge in [0.2, 0.25) is 6.41 Å². The van der Waals surface area contributed by atoms with Crippen LogP contribution in [0.5, 0.6) is 0 Å². The number of amides is 1. The lowest BCUT2D eigenvalue weighted by Crippen LogP contribution is -2.12. The van der Waals surface area contributed by atoms with Crippen molar-refractivity contribution in [1.82, 2.24) is 5.32 Å². The summed E-state index contributed by atoms with van der Waals surface area (Å²) in [6.45, 7) is -0.207. The molecule has 1 N–H and O–H groups in total. The number of nitrogens with one attached hydrogen (secondary N) is 1. The summed E-state index contributed by atoms with van der Waals surface area (Å²) < 4.78 is 26.0. The molecule has 2 nitrogen and oxygen atoms in total. The van der Waals surface area contributed by atoms with Gasteiger partial charge in [-0.15, -0.1) is 0 Å². The lowest BCUT2D eigenvalue weighted by molar-refractivity contribution is -0.109. The van der Waals surface area contributed by atoms with Crippen molar-refractivity contribution in [2.75, 3.05) is 0 Å². The molecule has 1 amide bonds. The van der Waals surface area contributed by atoms with Crippen LogP contribution in [0.1, 0.15) is 5.56 Å². The Hall–Kier alpha value is -1.16. The summed E-state index contributed by atoms with van der Waals surface area (Å²) in [7, 11) is 0. The van der Waals surface area contributed by atoms with E-state index in [1.165, 1.54) is 0 Å². The van der Waals surface area contributed by atoms with Gasteiger partial charge in [0.05, 0.1) is 5.02 Å². The van der Waals surface area contributed by atoms with Crippen LogP contribution in [-0.2, 0) is 11.3 Å². The van der Waals surface area contributed by atoms with Gasteiger partial charge in [-0.05, 0) is 12.1 Å². The van der Waals surface area contributed by atoms with Crippen LogP contribution in [0.25, 0.3) is 0 Å². The first-order valence-electron chi connectivity index (χ1n) is 3.46. The normalized spacial score (nSPS) is 9.77. The summed E-state index contributed by atoms with van der Waals surface area (Å²) in [5.41, 5.74) is -0.236. The Labute approximate surface area is 78.5 Å². The Balaban J connectivity index is 3.02. The molecule has 0 fully saturated rings. The number of halogens is 3. The highest BCUT2D eigenvalue weighted by Gasteiger charge is 2.11. The molecule has 0 unspecified atom stereocenters. The fourth-order valence-corrected chi connectivity index (χ4v) is 1.05. The zero-order valence-electron chi connectivity index (χ0n) is 6.48. The zero-order valence-corrected chi connectivity index (χ0v) is 7.24. The molecule has 5 heteroatoms. The minimum absolute atomic E-state index is 0.163. The maximum absolute atomic E-state index is 13.1. The van der Waals surface area contributed by atoms with E-state index in [0.29, 0.717) is 6.41 Å². The summed E-state index contributed by atoms with van der Waals surface area (Å²) in [6, 6.07) is 2.17. The predicted molar refractivity (Wildman–Crippen MR) is 44.3 cm³/mol. The molecule has 0 saturated carbocycles. The lowest BCUT2D eigenvalue weighted by Gasteiger charge is -2.04. The first-order chi connectivity index (χ1) is 6.16. The fraction of sp³-hybridized carbons (Fsp3) is 0.125. The van der Waals surface area contributed by atoms with E-state index >= 15 is 0 Å². The molecule has 0 saturated heterocycles. The fourth-order valence-electron chi connectivity index (χ4n) is 0.875. The molecule has 1 aromatic carbocycles. The van der Waals surface area contributed by atoms with E-state index in [1.807, 2.05) is 0 Å². The van der Waals surface area contributed by atoms with Crippen LogP contribution in [0.15, 0.2) is 12.1 Å². The third kappa shape index (κ3) is 2.15. The molecule has 1 aromatic rings. The van der Waals surface area contributed by atoms with Crippen LogP contribution in [0.4, 0.5) is 8.78 Å². The quantitative estimate of drug-likeness (QED) is 0.592. The van der Waals surface area contributed by atoms with Crippen molar-refractivity contribution in [2.24, 2.45) is 0 Å². The SMILES string of the molecule is O=CNCc1c(F)ccc(Cl)c1F. The Morgan fingerprint density at radius 3 is 2.77 bits per heavy atom. The standard InChI is InChI=1S/C8H6ClF2NO/c9-6-1-2-7(10)5(8(6)11)3-12-4-13/h1-2,4H,3H2,(H,12,13). The molecule has 1 rings (SSSR count). The Morgan fingerprint density at radius 1 is 1.46 bits per heavy atom. The van der Waals surface area contributed by atoms with Gasteiger partial charge in [0.15, 0.2) is 0 Å². The summed E-state index contributed by atoms with van der Waals surface area (Å²) in [5, 5.41) is 1.99. The number of carbonyl (C=O) groups excluding carboxylic acids is 1. The van der Waals surface area contributed by atoms with E-state index in [-0.39, 0.29) is 17.1 Å². The van der Waals surface area contributed by atoms with Gasteiger partial charge in [0.1, 0.15) is 11.6 Å². The van der Waals surface area contributed by atoms with Crippen LogP contribution < -0.4 is 5.32 Å². The second kappa shape index (κ2) is 4.18. The Kier molecular flexibility index (Phi) is 3.19. The zero-order chi connectivity index (χ0) is 9.84. The number of rotatable bonds is 3. The molecule has 70 valence electrons. The van der Waals surface area contributed by atoms with Gasteiger partial charge < -0.3 is 5.32 Å². The van der Waals surface area contributed by atoms with Crippen molar-refractivity contribution >= 4 is 18.0 Å². The van der Waals surface area contributed by atoms with Gasteiger partial charge in [-0.3, -0.25) is 4.79 Å². The maximum atomic E-state index is 13.1. The molecule has 0 aliphatic rings. The molecule has 0 atom stereocenters. The minimum Gasteiger partial charge on any atom is -0.354 e. The van der Waals surface area contributed by atoms with E-state index < -0.39 is 11.6 Å². The van der Waals surface area contributed by atoms with Crippen molar-refractivity contribution in [3.05, 3.63) is 34.4 Å². The molecule has 0 aliphatic heterocycles. The van der Waals surface area contributed by atoms with Gasteiger partial charge in [0, 0.05) is 12.1 Å². The topological polar surface area (TPSA) is 29.1 Å². The van der Waals surface area contributed by atoms with Gasteiger partial charge in [-0.25, -0.2) is 8.78 Å². The van der Waals surface area contributed by atoms with Crippen molar-refractivity contribution < 1.29 is 13.6 Å². The lowest BCUT2D eigenvalue weighted by atomic mass is 10.2. The van der Waals surface area contributed by atoms with Crippen LogP contribution in [0.3, 0.4) is 0 Å². The highest BCUT2D eigenvalue weighted by molar-refractivity contribution is 6.30. The molecular formula is C8H6ClF2NO. The average molecular weight is 206 g/mol. The molecule has 0 radical (unpaired) electrons. The first-order valence-corrected chi connectivity index (χ1v) is 3.84. The predicted octanol–water partition coefficient (Wildman–Crippen LogP) is 1.86. The van der Waals surface area contributed by atoms with Crippen molar-refractivity contribution in [3.63, 3.8) is 0 Å². The van der Waals surface area contributed by atoms with E-state index in [2.05, 4.69) is 5.32 Å². The Bertz CT molecular complexity index is 330. The second-order valence-electron chi connectivity index (χ2n) is 2.32. The third-order valence-electron chi connectivity index (χ3n) is 1.50. The van der Waals surface area contributed by atoms with Gasteiger partial charge >= 0.3 is 0 Å². The van der Waals surface area contributed by atoms with E-state index in [1.54, 1.807) is 0 Å². The van der Waals surface area contributed by atoms with E-state index in [4.69, 9.17) is 11.6 Å². The molecule has 0 aromatic heterocycles. The molecule has 0 heterocycles. The second-order valence-corrected chi connectivity index (χ2v) is 2.73. The largest absolute Gasteiger partial charge is 0.354 e. The highest BCUT2D eigenvalue weighted by Crippen LogP contribution is 2.20. The van der Waals surface area contributed by atoms with Gasteiger partial charge in [0.25, 0.3) is 0 Å².